The number of hydrogen-bond acceptors (Lipinski definition) is 4. The van der Waals surface area contributed by atoms with Gasteiger partial charge in [-0.25, -0.2) is 13.5 Å². The van der Waals surface area contributed by atoms with Gasteiger partial charge in [-0.05, 0) is 31.2 Å². The summed E-state index contributed by atoms with van der Waals surface area (Å²) in [7, 11) is 1.56. The van der Waals surface area contributed by atoms with Crippen LogP contribution in [-0.2, 0) is 16.1 Å². The van der Waals surface area contributed by atoms with Crippen LogP contribution in [0.4, 0.5) is 8.78 Å². The predicted molar refractivity (Wildman–Crippen MR) is 108 cm³/mol. The van der Waals surface area contributed by atoms with Gasteiger partial charge in [0.25, 0.3) is 0 Å². The molecule has 158 valence electrons. The van der Waals surface area contributed by atoms with Crippen LogP contribution in [0.3, 0.4) is 0 Å². The summed E-state index contributed by atoms with van der Waals surface area (Å²) in [5, 5.41) is 4.54. The summed E-state index contributed by atoms with van der Waals surface area (Å²) in [5.74, 6) is -1.55. The third-order valence-corrected chi connectivity index (χ3v) is 4.60. The number of aromatic nitrogens is 2. The molecule has 0 aliphatic rings. The number of amides is 1. The van der Waals surface area contributed by atoms with Crippen molar-refractivity contribution < 1.29 is 23.0 Å². The lowest BCUT2D eigenvalue weighted by molar-refractivity contribution is -0.130. The molecule has 8 heteroatoms. The van der Waals surface area contributed by atoms with Crippen LogP contribution in [0.25, 0.3) is 5.69 Å². The fraction of sp³-hybridized carbons (Fsp3) is 0.273. The van der Waals surface area contributed by atoms with E-state index < -0.39 is 11.6 Å². The van der Waals surface area contributed by atoms with Crippen molar-refractivity contribution in [1.29, 1.82) is 0 Å². The van der Waals surface area contributed by atoms with E-state index in [9.17, 15) is 13.6 Å². The van der Waals surface area contributed by atoms with Gasteiger partial charge < -0.3 is 14.4 Å². The molecule has 0 aliphatic heterocycles. The van der Waals surface area contributed by atoms with E-state index >= 15 is 0 Å². The number of para-hydroxylation sites is 1. The Morgan fingerprint density at radius 3 is 2.53 bits per heavy atom. The number of aryl methyl sites for hydroxylation is 1. The summed E-state index contributed by atoms with van der Waals surface area (Å²) < 4.78 is 40.1. The lowest BCUT2D eigenvalue weighted by atomic mass is 10.2. The Hall–Kier alpha value is -3.26. The molecule has 0 saturated carbocycles. The van der Waals surface area contributed by atoms with Crippen molar-refractivity contribution >= 4 is 5.91 Å². The molecule has 1 aromatic heterocycles. The van der Waals surface area contributed by atoms with Crippen molar-refractivity contribution in [2.24, 2.45) is 0 Å². The molecule has 3 aromatic rings. The molecule has 0 saturated heterocycles. The van der Waals surface area contributed by atoms with Gasteiger partial charge in [-0.2, -0.15) is 5.10 Å². The van der Waals surface area contributed by atoms with E-state index in [1.807, 2.05) is 30.3 Å². The van der Waals surface area contributed by atoms with Gasteiger partial charge in [-0.1, -0.05) is 18.2 Å². The maximum absolute atomic E-state index is 14.3. The van der Waals surface area contributed by atoms with Crippen molar-refractivity contribution in [3.63, 3.8) is 0 Å². The van der Waals surface area contributed by atoms with Crippen LogP contribution in [0.1, 0.15) is 18.2 Å². The Balaban J connectivity index is 2.07. The average Bonchev–Trinajstić information content (AvgIpc) is 3.03. The quantitative estimate of drug-likeness (QED) is 0.552. The predicted octanol–water partition coefficient (Wildman–Crippen LogP) is 4.25. The summed E-state index contributed by atoms with van der Waals surface area (Å²) in [6.45, 7) is 4.21. The van der Waals surface area contributed by atoms with E-state index in [1.54, 1.807) is 23.6 Å². The molecule has 1 heterocycles. The third kappa shape index (κ3) is 4.83. The van der Waals surface area contributed by atoms with Gasteiger partial charge >= 0.3 is 0 Å². The molecule has 3 rings (SSSR count). The SMILES string of the molecule is COCCN(Cc1c(C)nn(-c2ccccc2)c1Oc1ccc(F)cc1F)C(C)=O. The second-order valence-electron chi connectivity index (χ2n) is 6.73. The molecule has 6 nitrogen and oxygen atoms in total. The number of carbonyl (C=O) groups is 1. The minimum Gasteiger partial charge on any atom is -0.435 e. The van der Waals surface area contributed by atoms with Crippen LogP contribution in [0.2, 0.25) is 0 Å². The van der Waals surface area contributed by atoms with Crippen LogP contribution in [0.5, 0.6) is 11.6 Å². The Bertz CT molecular complexity index is 1020. The fourth-order valence-electron chi connectivity index (χ4n) is 2.97. The first kappa shape index (κ1) is 21.4. The molecular weight excluding hydrogens is 392 g/mol. The fourth-order valence-corrected chi connectivity index (χ4v) is 2.97. The van der Waals surface area contributed by atoms with E-state index in [4.69, 9.17) is 9.47 Å². The molecule has 0 N–H and O–H groups in total. The minimum absolute atomic E-state index is 0.138. The van der Waals surface area contributed by atoms with Crippen molar-refractivity contribution in [2.45, 2.75) is 20.4 Å². The second kappa shape index (κ2) is 9.49. The molecule has 0 radical (unpaired) electrons. The van der Waals surface area contributed by atoms with Gasteiger partial charge in [0.05, 0.1) is 30.1 Å². The molecule has 0 fully saturated rings. The minimum atomic E-state index is -0.831. The molecule has 0 unspecified atom stereocenters. The number of ether oxygens (including phenoxy) is 2. The summed E-state index contributed by atoms with van der Waals surface area (Å²) in [6, 6.07) is 12.3. The van der Waals surface area contributed by atoms with Crippen LogP contribution in [0, 0.1) is 18.6 Å². The van der Waals surface area contributed by atoms with Gasteiger partial charge in [0.15, 0.2) is 11.6 Å². The maximum atomic E-state index is 14.3. The number of nitrogens with zero attached hydrogens (tertiary/aromatic N) is 3. The molecule has 0 spiro atoms. The van der Waals surface area contributed by atoms with E-state index in [0.29, 0.717) is 30.1 Å². The zero-order valence-electron chi connectivity index (χ0n) is 17.1. The zero-order valence-corrected chi connectivity index (χ0v) is 17.1. The Kier molecular flexibility index (Phi) is 6.79. The Labute approximate surface area is 173 Å². The lowest BCUT2D eigenvalue weighted by Crippen LogP contribution is -2.31. The smallest absolute Gasteiger partial charge is 0.228 e. The number of halogens is 2. The summed E-state index contributed by atoms with van der Waals surface area (Å²) in [6.07, 6.45) is 0. The van der Waals surface area contributed by atoms with Gasteiger partial charge in [-0.3, -0.25) is 4.79 Å². The molecular formula is C22H23F2N3O3. The summed E-state index contributed by atoms with van der Waals surface area (Å²) in [4.78, 5) is 13.7. The molecule has 2 aromatic carbocycles. The maximum Gasteiger partial charge on any atom is 0.228 e. The zero-order chi connectivity index (χ0) is 21.7. The van der Waals surface area contributed by atoms with Gasteiger partial charge in [0.1, 0.15) is 5.82 Å². The number of methoxy groups -OCH3 is 1. The van der Waals surface area contributed by atoms with Crippen LogP contribution in [0.15, 0.2) is 48.5 Å². The van der Waals surface area contributed by atoms with Gasteiger partial charge in [0, 0.05) is 26.6 Å². The number of benzene rings is 2. The number of carbonyl (C=O) groups excluding carboxylic acids is 1. The Morgan fingerprint density at radius 1 is 1.17 bits per heavy atom. The summed E-state index contributed by atoms with van der Waals surface area (Å²) >= 11 is 0. The number of hydrogen-bond donors (Lipinski definition) is 0. The summed E-state index contributed by atoms with van der Waals surface area (Å²) in [5.41, 5.74) is 1.95. The largest absolute Gasteiger partial charge is 0.435 e. The first-order chi connectivity index (χ1) is 14.4. The van der Waals surface area contributed by atoms with Crippen molar-refractivity contribution in [3.8, 4) is 17.3 Å². The molecule has 0 bridgehead atoms. The Morgan fingerprint density at radius 2 is 1.90 bits per heavy atom. The molecule has 0 aliphatic carbocycles. The van der Waals surface area contributed by atoms with E-state index in [2.05, 4.69) is 5.10 Å². The van der Waals surface area contributed by atoms with Crippen LogP contribution >= 0.6 is 0 Å². The highest BCUT2D eigenvalue weighted by molar-refractivity contribution is 5.73. The number of rotatable bonds is 8. The van der Waals surface area contributed by atoms with Crippen LogP contribution in [-0.4, -0.2) is 40.8 Å². The second-order valence-corrected chi connectivity index (χ2v) is 6.73. The highest BCUT2D eigenvalue weighted by Crippen LogP contribution is 2.33. The highest BCUT2D eigenvalue weighted by atomic mass is 19.1. The molecule has 0 atom stereocenters. The van der Waals surface area contributed by atoms with Crippen molar-refractivity contribution in [1.82, 2.24) is 14.7 Å². The van der Waals surface area contributed by atoms with E-state index in [0.717, 1.165) is 12.1 Å². The monoisotopic (exact) mass is 415 g/mol. The molecule has 1 amide bonds. The van der Waals surface area contributed by atoms with E-state index in [1.165, 1.54) is 13.0 Å². The third-order valence-electron chi connectivity index (χ3n) is 4.60. The van der Waals surface area contributed by atoms with Crippen molar-refractivity contribution in [3.05, 3.63) is 71.4 Å². The standard InChI is InChI=1S/C22H23F2N3O3/c1-15-19(14-26(16(2)28)11-12-29-3)22(27(25-15)18-7-5-4-6-8-18)30-21-10-9-17(23)13-20(21)24/h4-10,13H,11-12,14H2,1-3H3. The van der Waals surface area contributed by atoms with Crippen LogP contribution < -0.4 is 4.74 Å². The van der Waals surface area contributed by atoms with E-state index in [-0.39, 0.29) is 24.1 Å². The first-order valence-electron chi connectivity index (χ1n) is 9.42. The molecule has 30 heavy (non-hydrogen) atoms. The normalized spacial score (nSPS) is 10.8. The highest BCUT2D eigenvalue weighted by Gasteiger charge is 2.23. The van der Waals surface area contributed by atoms with Gasteiger partial charge in [0.2, 0.25) is 11.8 Å². The van der Waals surface area contributed by atoms with Gasteiger partial charge in [-0.15, -0.1) is 0 Å². The lowest BCUT2D eigenvalue weighted by Gasteiger charge is -2.21. The van der Waals surface area contributed by atoms with Crippen molar-refractivity contribution in [2.75, 3.05) is 20.3 Å². The first-order valence-corrected chi connectivity index (χ1v) is 9.42. The topological polar surface area (TPSA) is 56.6 Å². The average molecular weight is 415 g/mol.